The molecular weight excluding hydrogens is 218 g/mol. The topological polar surface area (TPSA) is 46.2 Å². The molecule has 0 fully saturated rings. The molecule has 0 aliphatic rings. The smallest absolute Gasteiger partial charge is 0.214 e. The first-order valence-electron chi connectivity index (χ1n) is 4.31. The summed E-state index contributed by atoms with van der Waals surface area (Å²) in [5, 5.41) is 0. The molecule has 0 atom stereocenters. The van der Waals surface area contributed by atoms with Crippen LogP contribution < -0.4 is 4.72 Å². The van der Waals surface area contributed by atoms with Crippen molar-refractivity contribution in [2.45, 2.75) is 30.4 Å². The molecule has 0 aliphatic carbocycles. The van der Waals surface area contributed by atoms with Gasteiger partial charge in [0.25, 0.3) is 0 Å². The average molecular weight is 233 g/mol. The summed E-state index contributed by atoms with van der Waals surface area (Å²) in [7, 11) is -1.85. The van der Waals surface area contributed by atoms with E-state index in [1.54, 1.807) is 6.07 Å². The quantitative estimate of drug-likeness (QED) is 0.848. The second-order valence-corrected chi connectivity index (χ2v) is 7.27. The van der Waals surface area contributed by atoms with Crippen molar-refractivity contribution >= 4 is 21.4 Å². The van der Waals surface area contributed by atoms with E-state index in [1.807, 2.05) is 6.07 Å². The van der Waals surface area contributed by atoms with Crippen molar-refractivity contribution in [3.63, 3.8) is 0 Å². The first-order valence-corrected chi connectivity index (χ1v) is 6.61. The Morgan fingerprint density at radius 1 is 1.29 bits per heavy atom. The lowest BCUT2D eigenvalue weighted by Gasteiger charge is -2.15. The van der Waals surface area contributed by atoms with E-state index in [4.69, 9.17) is 0 Å². The van der Waals surface area contributed by atoms with Crippen molar-refractivity contribution in [1.29, 1.82) is 0 Å². The van der Waals surface area contributed by atoms with Crippen LogP contribution in [0.2, 0.25) is 0 Å². The number of hydrogen-bond acceptors (Lipinski definition) is 3. The molecule has 1 aromatic rings. The summed E-state index contributed by atoms with van der Waals surface area (Å²) >= 11 is 1.32. The Balaban J connectivity index is 3.13. The second kappa shape index (κ2) is 3.64. The fourth-order valence-electron chi connectivity index (χ4n) is 0.968. The summed E-state index contributed by atoms with van der Waals surface area (Å²) in [5.74, 6) is 0. The summed E-state index contributed by atoms with van der Waals surface area (Å²) < 4.78 is 25.6. The fraction of sp³-hybridized carbons (Fsp3) is 0.556. The molecule has 0 unspecified atom stereocenters. The zero-order valence-corrected chi connectivity index (χ0v) is 10.4. The maximum atomic E-state index is 11.4. The lowest BCUT2D eigenvalue weighted by atomic mass is 9.95. The fourth-order valence-corrected chi connectivity index (χ4v) is 3.17. The lowest BCUT2D eigenvalue weighted by Crippen LogP contribution is -2.17. The molecule has 0 saturated heterocycles. The van der Waals surface area contributed by atoms with Gasteiger partial charge in [-0.15, -0.1) is 11.3 Å². The van der Waals surface area contributed by atoms with Gasteiger partial charge in [-0.1, -0.05) is 20.8 Å². The van der Waals surface area contributed by atoms with E-state index in [0.717, 1.165) is 4.88 Å². The predicted octanol–water partition coefficient (Wildman–Crippen LogP) is 1.95. The first kappa shape index (κ1) is 11.7. The van der Waals surface area contributed by atoms with Crippen LogP contribution in [0.15, 0.2) is 16.3 Å². The Morgan fingerprint density at radius 3 is 2.21 bits per heavy atom. The van der Waals surface area contributed by atoms with Gasteiger partial charge in [-0.2, -0.15) is 0 Å². The highest BCUT2D eigenvalue weighted by atomic mass is 32.2. The Bertz CT molecular complexity index is 412. The van der Waals surface area contributed by atoms with Gasteiger partial charge in [-0.05, 0) is 24.6 Å². The molecular formula is C9H15NO2S2. The molecule has 0 amide bonds. The van der Waals surface area contributed by atoms with Gasteiger partial charge in [0.05, 0.1) is 0 Å². The summed E-state index contributed by atoms with van der Waals surface area (Å²) in [4.78, 5) is 1.08. The average Bonchev–Trinajstić information content (AvgIpc) is 2.51. The van der Waals surface area contributed by atoms with E-state index in [2.05, 4.69) is 25.5 Å². The van der Waals surface area contributed by atoms with E-state index in [-0.39, 0.29) is 5.41 Å². The zero-order chi connectivity index (χ0) is 11.0. The summed E-state index contributed by atoms with van der Waals surface area (Å²) in [6.07, 6.45) is 0. The van der Waals surface area contributed by atoms with Crippen molar-refractivity contribution in [3.8, 4) is 0 Å². The van der Waals surface area contributed by atoms with Crippen LogP contribution in [0, 0.1) is 0 Å². The monoisotopic (exact) mass is 233 g/mol. The number of nitrogens with one attached hydrogen (secondary N) is 1. The molecule has 0 aliphatic heterocycles. The Labute approximate surface area is 89.2 Å². The minimum absolute atomic E-state index is 0.00613. The summed E-state index contributed by atoms with van der Waals surface area (Å²) in [6.45, 7) is 6.19. The van der Waals surface area contributed by atoms with Crippen LogP contribution in [0.25, 0.3) is 0 Å². The van der Waals surface area contributed by atoms with E-state index in [0.29, 0.717) is 4.21 Å². The molecule has 1 heterocycles. The number of thiophene rings is 1. The molecule has 0 radical (unpaired) electrons. The number of rotatable bonds is 2. The SMILES string of the molecule is CNS(=O)(=O)c1ccc(C(C)(C)C)s1. The molecule has 0 bridgehead atoms. The highest BCUT2D eigenvalue weighted by molar-refractivity contribution is 7.91. The molecule has 0 saturated carbocycles. The molecule has 3 nitrogen and oxygen atoms in total. The van der Waals surface area contributed by atoms with Crippen LogP contribution in [0.4, 0.5) is 0 Å². The van der Waals surface area contributed by atoms with Crippen LogP contribution in [-0.2, 0) is 15.4 Å². The lowest BCUT2D eigenvalue weighted by molar-refractivity contribution is 0.590. The van der Waals surface area contributed by atoms with E-state index in [1.165, 1.54) is 18.4 Å². The van der Waals surface area contributed by atoms with Crippen LogP contribution >= 0.6 is 11.3 Å². The zero-order valence-electron chi connectivity index (χ0n) is 8.79. The third-order valence-electron chi connectivity index (χ3n) is 1.85. The third kappa shape index (κ3) is 2.34. The van der Waals surface area contributed by atoms with Gasteiger partial charge in [0.15, 0.2) is 0 Å². The molecule has 1 aromatic heterocycles. The molecule has 14 heavy (non-hydrogen) atoms. The minimum atomic E-state index is -3.27. The van der Waals surface area contributed by atoms with Crippen molar-refractivity contribution in [3.05, 3.63) is 17.0 Å². The number of sulfonamides is 1. The van der Waals surface area contributed by atoms with Crippen LogP contribution in [0.1, 0.15) is 25.6 Å². The second-order valence-electron chi connectivity index (χ2n) is 4.08. The Kier molecular flexibility index (Phi) is 3.04. The van der Waals surface area contributed by atoms with Gasteiger partial charge in [-0.3, -0.25) is 0 Å². The Hall–Kier alpha value is -0.390. The van der Waals surface area contributed by atoms with E-state index >= 15 is 0 Å². The van der Waals surface area contributed by atoms with Gasteiger partial charge in [0.1, 0.15) is 4.21 Å². The van der Waals surface area contributed by atoms with Gasteiger partial charge in [0, 0.05) is 4.88 Å². The third-order valence-corrected chi connectivity index (χ3v) is 5.27. The highest BCUT2D eigenvalue weighted by Gasteiger charge is 2.20. The maximum absolute atomic E-state index is 11.4. The molecule has 0 spiro atoms. The highest BCUT2D eigenvalue weighted by Crippen LogP contribution is 2.31. The van der Waals surface area contributed by atoms with Gasteiger partial charge >= 0.3 is 0 Å². The first-order chi connectivity index (χ1) is 6.27. The standard InChI is InChI=1S/C9H15NO2S2/c1-9(2,3)7-5-6-8(13-7)14(11,12)10-4/h5-6,10H,1-4H3. The normalized spacial score (nSPS) is 13.1. The summed E-state index contributed by atoms with van der Waals surface area (Å²) in [5.41, 5.74) is 0.00613. The molecule has 1 N–H and O–H groups in total. The molecule has 0 aromatic carbocycles. The van der Waals surface area contributed by atoms with Crippen LogP contribution in [0.5, 0.6) is 0 Å². The van der Waals surface area contributed by atoms with Crippen molar-refractivity contribution in [2.24, 2.45) is 0 Å². The summed E-state index contributed by atoms with van der Waals surface area (Å²) in [6, 6.07) is 3.52. The molecule has 1 rings (SSSR count). The molecule has 80 valence electrons. The van der Waals surface area contributed by atoms with E-state index in [9.17, 15) is 8.42 Å². The van der Waals surface area contributed by atoms with Crippen molar-refractivity contribution < 1.29 is 8.42 Å². The largest absolute Gasteiger partial charge is 0.249 e. The van der Waals surface area contributed by atoms with Crippen molar-refractivity contribution in [2.75, 3.05) is 7.05 Å². The van der Waals surface area contributed by atoms with Crippen LogP contribution in [0.3, 0.4) is 0 Å². The van der Waals surface area contributed by atoms with E-state index < -0.39 is 10.0 Å². The van der Waals surface area contributed by atoms with Crippen molar-refractivity contribution in [1.82, 2.24) is 4.72 Å². The number of hydrogen-bond donors (Lipinski definition) is 1. The van der Waals surface area contributed by atoms with Gasteiger partial charge < -0.3 is 0 Å². The minimum Gasteiger partial charge on any atom is -0.214 e. The predicted molar refractivity (Wildman–Crippen MR) is 59.3 cm³/mol. The van der Waals surface area contributed by atoms with Gasteiger partial charge in [0.2, 0.25) is 10.0 Å². The van der Waals surface area contributed by atoms with Gasteiger partial charge in [-0.25, -0.2) is 13.1 Å². The Morgan fingerprint density at radius 2 is 1.86 bits per heavy atom. The van der Waals surface area contributed by atoms with Crippen LogP contribution in [-0.4, -0.2) is 15.5 Å². The maximum Gasteiger partial charge on any atom is 0.249 e. The molecule has 5 heteroatoms.